The van der Waals surface area contributed by atoms with Gasteiger partial charge in [-0.25, -0.2) is 0 Å². The standard InChI is InChI=1S/C27H36O13/c1-35-13-4-2-12(3-5-13)16-9-36-18-8-14(6-7-15(18)20(16)29)39-27-25(34)23(32)22(31)19(40-27)11-38-26-24(33)21(30)17(28)10-37-26/h2-5,9,14-15,17-19,21-28,30-34H,6-8,10-11H2,1H3/t14?,15?,17-,18?,19-,21+,22-,23+,24-,25-,26+,27-/m1/s1. The molecule has 0 bridgehead atoms. The Kier molecular flexibility index (Phi) is 9.07. The SMILES string of the molecule is COc1ccc(C2=COC3CC(O[C@@H]4O[C@H](CO[C@@H]5OC[C@@H](O)[C@H](O)[C@H]5O)[C@@H](O)[C@H](O)[C@H]4O)CCC3C2=O)cc1. The van der Waals surface area contributed by atoms with Gasteiger partial charge in [0, 0.05) is 6.42 Å². The molecule has 3 aliphatic heterocycles. The van der Waals surface area contributed by atoms with E-state index in [0.717, 1.165) is 5.56 Å². The van der Waals surface area contributed by atoms with Gasteiger partial charge < -0.3 is 59.1 Å². The molecule has 3 heterocycles. The lowest BCUT2D eigenvalue weighted by Gasteiger charge is -2.44. The Morgan fingerprint density at radius 3 is 2.35 bits per heavy atom. The Morgan fingerprint density at radius 2 is 1.62 bits per heavy atom. The number of hydrogen-bond acceptors (Lipinski definition) is 13. The fourth-order valence-corrected chi connectivity index (χ4v) is 5.53. The van der Waals surface area contributed by atoms with E-state index in [2.05, 4.69) is 0 Å². The summed E-state index contributed by atoms with van der Waals surface area (Å²) in [6.45, 7) is -0.642. The van der Waals surface area contributed by atoms with Gasteiger partial charge in [-0.1, -0.05) is 12.1 Å². The Bertz CT molecular complexity index is 1050. The summed E-state index contributed by atoms with van der Waals surface area (Å²) < 4.78 is 33.4. The van der Waals surface area contributed by atoms with Crippen LogP contribution in [0, 0.1) is 5.92 Å². The number of ether oxygens (including phenoxy) is 6. The molecule has 13 heteroatoms. The summed E-state index contributed by atoms with van der Waals surface area (Å²) >= 11 is 0. The highest BCUT2D eigenvalue weighted by Crippen LogP contribution is 2.38. The second kappa shape index (κ2) is 12.4. The molecule has 3 unspecified atom stereocenters. The van der Waals surface area contributed by atoms with Gasteiger partial charge in [0.2, 0.25) is 0 Å². The van der Waals surface area contributed by atoms with Gasteiger partial charge in [-0.3, -0.25) is 4.79 Å². The number of methoxy groups -OCH3 is 1. The molecular formula is C27H36O13. The number of aliphatic hydroxyl groups is 6. The largest absolute Gasteiger partial charge is 0.497 e. The van der Waals surface area contributed by atoms with Crippen LogP contribution in [0.5, 0.6) is 5.75 Å². The van der Waals surface area contributed by atoms with Crippen LogP contribution in [0.1, 0.15) is 24.8 Å². The second-order valence-corrected chi connectivity index (χ2v) is 10.6. The van der Waals surface area contributed by atoms with Crippen molar-refractivity contribution in [1.82, 2.24) is 0 Å². The van der Waals surface area contributed by atoms with Crippen LogP contribution in [-0.2, 0) is 28.5 Å². The molecule has 0 spiro atoms. The lowest BCUT2D eigenvalue weighted by atomic mass is 9.78. The molecule has 3 fully saturated rings. The molecular weight excluding hydrogens is 532 g/mol. The summed E-state index contributed by atoms with van der Waals surface area (Å²) in [6.07, 6.45) is -10.9. The number of aliphatic hydroxyl groups excluding tert-OH is 6. The monoisotopic (exact) mass is 568 g/mol. The number of fused-ring (bicyclic) bond motifs is 1. The Balaban J connectivity index is 1.18. The zero-order valence-electron chi connectivity index (χ0n) is 21.9. The quantitative estimate of drug-likeness (QED) is 0.222. The molecule has 1 aromatic rings. The molecule has 6 N–H and O–H groups in total. The van der Waals surface area contributed by atoms with Crippen molar-refractivity contribution in [2.24, 2.45) is 5.92 Å². The third-order valence-corrected chi connectivity index (χ3v) is 7.98. The molecule has 2 saturated heterocycles. The van der Waals surface area contributed by atoms with Crippen molar-refractivity contribution in [3.05, 3.63) is 36.1 Å². The van der Waals surface area contributed by atoms with E-state index < -0.39 is 67.5 Å². The minimum Gasteiger partial charge on any atom is -0.497 e. The van der Waals surface area contributed by atoms with Crippen molar-refractivity contribution < 1.29 is 63.9 Å². The van der Waals surface area contributed by atoms with Gasteiger partial charge in [-0.15, -0.1) is 0 Å². The van der Waals surface area contributed by atoms with Crippen LogP contribution in [0.15, 0.2) is 30.5 Å². The van der Waals surface area contributed by atoms with Crippen LogP contribution in [0.2, 0.25) is 0 Å². The topological polar surface area (TPSA) is 194 Å². The van der Waals surface area contributed by atoms with E-state index in [0.29, 0.717) is 30.6 Å². The third kappa shape index (κ3) is 5.90. The second-order valence-electron chi connectivity index (χ2n) is 10.6. The molecule has 5 rings (SSSR count). The molecule has 4 aliphatic rings. The number of allylic oxidation sites excluding steroid dienone is 1. The van der Waals surface area contributed by atoms with Crippen LogP contribution in [0.25, 0.3) is 5.57 Å². The number of Topliss-reactive ketones (excluding diaryl/α,β-unsaturated/α-hetero) is 1. The average Bonchev–Trinajstić information content (AvgIpc) is 2.96. The maximum absolute atomic E-state index is 13.2. The summed E-state index contributed by atoms with van der Waals surface area (Å²) in [5, 5.41) is 60.8. The van der Waals surface area contributed by atoms with E-state index in [1.54, 1.807) is 31.4 Å². The van der Waals surface area contributed by atoms with Gasteiger partial charge in [0.05, 0.1) is 44.2 Å². The molecule has 222 valence electrons. The molecule has 12 atom stereocenters. The van der Waals surface area contributed by atoms with Crippen molar-refractivity contribution in [1.29, 1.82) is 0 Å². The van der Waals surface area contributed by atoms with Crippen molar-refractivity contribution in [3.63, 3.8) is 0 Å². The molecule has 1 aromatic carbocycles. The maximum Gasteiger partial charge on any atom is 0.186 e. The predicted octanol–water partition coefficient (Wildman–Crippen LogP) is -1.55. The smallest absolute Gasteiger partial charge is 0.186 e. The van der Waals surface area contributed by atoms with Crippen molar-refractivity contribution >= 4 is 11.4 Å². The van der Waals surface area contributed by atoms with Gasteiger partial charge in [0.25, 0.3) is 0 Å². The highest BCUT2D eigenvalue weighted by atomic mass is 16.7. The minimum atomic E-state index is -1.62. The minimum absolute atomic E-state index is 0.0191. The van der Waals surface area contributed by atoms with Crippen LogP contribution in [0.3, 0.4) is 0 Å². The van der Waals surface area contributed by atoms with Gasteiger partial charge in [0.1, 0.15) is 54.6 Å². The maximum atomic E-state index is 13.2. The number of benzene rings is 1. The first-order valence-electron chi connectivity index (χ1n) is 13.3. The predicted molar refractivity (Wildman–Crippen MR) is 133 cm³/mol. The first-order valence-corrected chi connectivity index (χ1v) is 13.3. The third-order valence-electron chi connectivity index (χ3n) is 7.98. The van der Waals surface area contributed by atoms with Crippen LogP contribution in [0.4, 0.5) is 0 Å². The van der Waals surface area contributed by atoms with Gasteiger partial charge in [-0.2, -0.15) is 0 Å². The molecule has 0 aromatic heterocycles. The lowest BCUT2D eigenvalue weighted by Crippen LogP contribution is -2.61. The summed E-state index contributed by atoms with van der Waals surface area (Å²) in [7, 11) is 1.57. The van der Waals surface area contributed by atoms with E-state index in [1.165, 1.54) is 6.26 Å². The average molecular weight is 569 g/mol. The van der Waals surface area contributed by atoms with Gasteiger partial charge in [-0.05, 0) is 30.5 Å². The van der Waals surface area contributed by atoms with E-state index in [9.17, 15) is 35.4 Å². The number of carbonyl (C=O) groups is 1. The van der Waals surface area contributed by atoms with Crippen molar-refractivity contribution in [2.45, 2.75) is 86.8 Å². The summed E-state index contributed by atoms with van der Waals surface area (Å²) in [4.78, 5) is 13.2. The zero-order chi connectivity index (χ0) is 28.6. The van der Waals surface area contributed by atoms with Gasteiger partial charge in [0.15, 0.2) is 18.4 Å². The first kappa shape index (κ1) is 29.3. The number of rotatable bonds is 7. The highest BCUT2D eigenvalue weighted by molar-refractivity contribution is 6.22. The fraction of sp³-hybridized carbons (Fsp3) is 0.667. The molecule has 13 nitrogen and oxygen atoms in total. The van der Waals surface area contributed by atoms with E-state index in [-0.39, 0.29) is 24.9 Å². The zero-order valence-corrected chi connectivity index (χ0v) is 21.9. The van der Waals surface area contributed by atoms with Crippen LogP contribution < -0.4 is 4.74 Å². The van der Waals surface area contributed by atoms with Crippen molar-refractivity contribution in [2.75, 3.05) is 20.3 Å². The molecule has 40 heavy (non-hydrogen) atoms. The summed E-state index contributed by atoms with van der Waals surface area (Å²) in [5.41, 5.74) is 1.22. The van der Waals surface area contributed by atoms with E-state index in [1.807, 2.05) is 0 Å². The fourth-order valence-electron chi connectivity index (χ4n) is 5.53. The molecule has 0 amide bonds. The van der Waals surface area contributed by atoms with Crippen molar-refractivity contribution in [3.8, 4) is 5.75 Å². The Morgan fingerprint density at radius 1 is 0.900 bits per heavy atom. The van der Waals surface area contributed by atoms with Crippen LogP contribution >= 0.6 is 0 Å². The molecule has 1 aliphatic carbocycles. The Labute approximate surface area is 230 Å². The van der Waals surface area contributed by atoms with Crippen LogP contribution in [-0.4, -0.2) is 124 Å². The van der Waals surface area contributed by atoms with E-state index >= 15 is 0 Å². The van der Waals surface area contributed by atoms with Gasteiger partial charge >= 0.3 is 0 Å². The number of hydrogen-bond donors (Lipinski definition) is 6. The Hall–Kier alpha value is -2.17. The molecule has 1 saturated carbocycles. The van der Waals surface area contributed by atoms with E-state index in [4.69, 9.17) is 28.4 Å². The number of ketones is 1. The lowest BCUT2D eigenvalue weighted by molar-refractivity contribution is -0.329. The highest BCUT2D eigenvalue weighted by Gasteiger charge is 2.48. The number of carbonyl (C=O) groups excluding carboxylic acids is 1. The first-order chi connectivity index (χ1) is 19.2. The molecule has 0 radical (unpaired) electrons. The summed E-state index contributed by atoms with van der Waals surface area (Å²) in [6, 6.07) is 7.15. The summed E-state index contributed by atoms with van der Waals surface area (Å²) in [5.74, 6) is 0.305. The normalized spacial score (nSPS) is 42.0.